The van der Waals surface area contributed by atoms with E-state index < -0.39 is 27.5 Å². The van der Waals surface area contributed by atoms with E-state index in [2.05, 4.69) is 5.32 Å². The summed E-state index contributed by atoms with van der Waals surface area (Å²) in [6, 6.07) is 12.4. The third kappa shape index (κ3) is 7.03. The van der Waals surface area contributed by atoms with E-state index in [-0.39, 0.29) is 11.9 Å². The fourth-order valence-electron chi connectivity index (χ4n) is 2.25. The Morgan fingerprint density at radius 2 is 1.63 bits per heavy atom. The first-order valence-electron chi connectivity index (χ1n) is 8.20. The van der Waals surface area contributed by atoms with Crippen molar-refractivity contribution in [2.24, 2.45) is 0 Å². The Labute approximate surface area is 163 Å². The number of hydrogen-bond acceptors (Lipinski definition) is 5. The number of carbonyl (C=O) groups excluding carboxylic acids is 2. The number of rotatable bonds is 7. The summed E-state index contributed by atoms with van der Waals surface area (Å²) in [5, 5.41) is 3.03. The SMILES string of the molecule is CC(C)OC(=O)c1ccc(CS(=O)(=O)CC(=O)Nc2ccc(Cl)cc2)cc1. The van der Waals surface area contributed by atoms with Gasteiger partial charge in [0.25, 0.3) is 0 Å². The van der Waals surface area contributed by atoms with E-state index in [0.717, 1.165) is 0 Å². The largest absolute Gasteiger partial charge is 0.459 e. The number of halogens is 1. The van der Waals surface area contributed by atoms with E-state index in [1.807, 2.05) is 0 Å². The van der Waals surface area contributed by atoms with Gasteiger partial charge in [-0.3, -0.25) is 4.79 Å². The van der Waals surface area contributed by atoms with Gasteiger partial charge in [-0.05, 0) is 55.8 Å². The smallest absolute Gasteiger partial charge is 0.338 e. The molecule has 1 N–H and O–H groups in total. The fourth-order valence-corrected chi connectivity index (χ4v) is 3.65. The first-order chi connectivity index (χ1) is 12.6. The molecule has 0 saturated heterocycles. The molecule has 0 aromatic heterocycles. The summed E-state index contributed by atoms with van der Waals surface area (Å²) in [5.74, 6) is -2.05. The minimum Gasteiger partial charge on any atom is -0.459 e. The van der Waals surface area contributed by atoms with Gasteiger partial charge in [-0.2, -0.15) is 0 Å². The Hall–Kier alpha value is -2.38. The Balaban J connectivity index is 1.96. The van der Waals surface area contributed by atoms with E-state index in [0.29, 0.717) is 21.8 Å². The minimum atomic E-state index is -3.67. The number of esters is 1. The lowest BCUT2D eigenvalue weighted by Crippen LogP contribution is -2.24. The molecule has 0 spiro atoms. The lowest BCUT2D eigenvalue weighted by Gasteiger charge is -2.09. The summed E-state index contributed by atoms with van der Waals surface area (Å²) in [6.45, 7) is 3.49. The number of sulfone groups is 1. The summed E-state index contributed by atoms with van der Waals surface area (Å²) >= 11 is 5.76. The minimum absolute atomic E-state index is 0.239. The normalized spacial score (nSPS) is 11.3. The second kappa shape index (κ2) is 9.01. The van der Waals surface area contributed by atoms with Crippen LogP contribution in [0, 0.1) is 0 Å². The number of amides is 1. The molecule has 1 amide bonds. The molecule has 27 heavy (non-hydrogen) atoms. The van der Waals surface area contributed by atoms with Gasteiger partial charge in [-0.1, -0.05) is 23.7 Å². The molecule has 6 nitrogen and oxygen atoms in total. The quantitative estimate of drug-likeness (QED) is 0.707. The molecule has 0 heterocycles. The van der Waals surface area contributed by atoms with Crippen LogP contribution >= 0.6 is 11.6 Å². The average molecular weight is 410 g/mol. The summed E-state index contributed by atoms with van der Waals surface area (Å²) in [5.41, 5.74) is 1.29. The zero-order valence-corrected chi connectivity index (χ0v) is 16.5. The van der Waals surface area contributed by atoms with E-state index in [1.54, 1.807) is 38.1 Å². The van der Waals surface area contributed by atoms with Crippen LogP contribution in [-0.4, -0.2) is 32.2 Å². The number of hydrogen-bond donors (Lipinski definition) is 1. The first kappa shape index (κ1) is 20.9. The molecule has 0 saturated carbocycles. The van der Waals surface area contributed by atoms with Gasteiger partial charge in [0.05, 0.1) is 17.4 Å². The summed E-state index contributed by atoms with van der Waals surface area (Å²) in [7, 11) is -3.67. The van der Waals surface area contributed by atoms with Crippen LogP contribution in [0.2, 0.25) is 5.02 Å². The highest BCUT2D eigenvalue weighted by Crippen LogP contribution is 2.14. The van der Waals surface area contributed by atoms with Crippen LogP contribution in [0.4, 0.5) is 5.69 Å². The topological polar surface area (TPSA) is 89.5 Å². The molecule has 0 unspecified atom stereocenters. The van der Waals surface area contributed by atoms with Crippen molar-refractivity contribution < 1.29 is 22.7 Å². The summed E-state index contributed by atoms with van der Waals surface area (Å²) < 4.78 is 29.6. The van der Waals surface area contributed by atoms with Crippen LogP contribution in [0.3, 0.4) is 0 Å². The molecule has 2 aromatic carbocycles. The van der Waals surface area contributed by atoms with E-state index in [1.165, 1.54) is 24.3 Å². The highest BCUT2D eigenvalue weighted by molar-refractivity contribution is 7.91. The predicted octanol–water partition coefficient (Wildman–Crippen LogP) is 3.46. The molecule has 144 valence electrons. The number of anilines is 1. The first-order valence-corrected chi connectivity index (χ1v) is 10.4. The number of benzene rings is 2. The highest BCUT2D eigenvalue weighted by Gasteiger charge is 2.18. The lowest BCUT2D eigenvalue weighted by molar-refractivity contribution is -0.113. The monoisotopic (exact) mass is 409 g/mol. The second-order valence-electron chi connectivity index (χ2n) is 6.24. The third-order valence-corrected chi connectivity index (χ3v) is 5.13. The van der Waals surface area contributed by atoms with Crippen molar-refractivity contribution in [2.45, 2.75) is 25.7 Å². The maximum Gasteiger partial charge on any atom is 0.338 e. The molecule has 0 aliphatic carbocycles. The van der Waals surface area contributed by atoms with E-state index in [4.69, 9.17) is 16.3 Å². The molecule has 0 aliphatic heterocycles. The van der Waals surface area contributed by atoms with Gasteiger partial charge in [0.2, 0.25) is 5.91 Å². The molecule has 0 bridgehead atoms. The zero-order valence-electron chi connectivity index (χ0n) is 14.9. The van der Waals surface area contributed by atoms with Gasteiger partial charge in [0, 0.05) is 10.7 Å². The van der Waals surface area contributed by atoms with Crippen LogP contribution in [-0.2, 0) is 25.1 Å². The van der Waals surface area contributed by atoms with E-state index in [9.17, 15) is 18.0 Å². The standard InChI is InChI=1S/C19H20ClNO5S/c1-13(2)26-19(23)15-5-3-14(4-6-15)11-27(24,25)12-18(22)21-17-9-7-16(20)8-10-17/h3-10,13H,11-12H2,1-2H3,(H,21,22). The van der Waals surface area contributed by atoms with Gasteiger partial charge in [-0.25, -0.2) is 13.2 Å². The Morgan fingerprint density at radius 1 is 1.04 bits per heavy atom. The van der Waals surface area contributed by atoms with Gasteiger partial charge in [0.1, 0.15) is 5.75 Å². The van der Waals surface area contributed by atoms with Crippen LogP contribution in [0.5, 0.6) is 0 Å². The number of nitrogens with one attached hydrogen (secondary N) is 1. The average Bonchev–Trinajstić information content (AvgIpc) is 2.56. The second-order valence-corrected chi connectivity index (χ2v) is 8.74. The lowest BCUT2D eigenvalue weighted by atomic mass is 10.1. The molecular formula is C19H20ClNO5S. The molecule has 0 aliphatic rings. The third-order valence-electron chi connectivity index (χ3n) is 3.40. The molecule has 0 radical (unpaired) electrons. The highest BCUT2D eigenvalue weighted by atomic mass is 35.5. The molecule has 0 fully saturated rings. The van der Waals surface area contributed by atoms with Crippen molar-refractivity contribution in [3.63, 3.8) is 0 Å². The van der Waals surface area contributed by atoms with Crippen molar-refractivity contribution in [2.75, 3.05) is 11.1 Å². The molecule has 8 heteroatoms. The van der Waals surface area contributed by atoms with Crippen molar-refractivity contribution in [3.8, 4) is 0 Å². The van der Waals surface area contributed by atoms with Crippen molar-refractivity contribution in [3.05, 3.63) is 64.7 Å². The Morgan fingerprint density at radius 3 is 2.19 bits per heavy atom. The predicted molar refractivity (Wildman–Crippen MR) is 105 cm³/mol. The van der Waals surface area contributed by atoms with Crippen molar-refractivity contribution in [1.29, 1.82) is 0 Å². The summed E-state index contributed by atoms with van der Waals surface area (Å²) in [6.07, 6.45) is -0.239. The molecular weight excluding hydrogens is 390 g/mol. The van der Waals surface area contributed by atoms with Crippen LogP contribution in [0.15, 0.2) is 48.5 Å². The van der Waals surface area contributed by atoms with Crippen molar-refractivity contribution >= 4 is 39.0 Å². The van der Waals surface area contributed by atoms with Crippen LogP contribution in [0.1, 0.15) is 29.8 Å². The number of carbonyl (C=O) groups is 2. The van der Waals surface area contributed by atoms with Crippen molar-refractivity contribution in [1.82, 2.24) is 0 Å². The van der Waals surface area contributed by atoms with Gasteiger partial charge in [0.15, 0.2) is 9.84 Å². The molecule has 2 aromatic rings. The maximum atomic E-state index is 12.2. The van der Waals surface area contributed by atoms with Gasteiger partial charge in [-0.15, -0.1) is 0 Å². The Kier molecular flexibility index (Phi) is 6.98. The Bertz CT molecular complexity index is 906. The zero-order chi connectivity index (χ0) is 20.0. The molecule has 2 rings (SSSR count). The number of ether oxygens (including phenoxy) is 1. The fraction of sp³-hybridized carbons (Fsp3) is 0.263. The maximum absolute atomic E-state index is 12.2. The molecule has 0 atom stereocenters. The van der Waals surface area contributed by atoms with E-state index >= 15 is 0 Å². The van der Waals surface area contributed by atoms with Gasteiger partial charge >= 0.3 is 5.97 Å². The van der Waals surface area contributed by atoms with Crippen LogP contribution < -0.4 is 5.32 Å². The van der Waals surface area contributed by atoms with Gasteiger partial charge < -0.3 is 10.1 Å². The summed E-state index contributed by atoms with van der Waals surface area (Å²) in [4.78, 5) is 23.8. The van der Waals surface area contributed by atoms with Crippen LogP contribution in [0.25, 0.3) is 0 Å².